The van der Waals surface area contributed by atoms with Crippen molar-refractivity contribution < 1.29 is 33.3 Å². The van der Waals surface area contributed by atoms with Crippen molar-refractivity contribution in [1.29, 1.82) is 0 Å². The first-order valence-electron chi connectivity index (χ1n) is 15.1. The Kier molecular flexibility index (Phi) is 8.86. The lowest BCUT2D eigenvalue weighted by atomic mass is 10.0. The topological polar surface area (TPSA) is 139 Å². The van der Waals surface area contributed by atoms with Gasteiger partial charge in [-0.3, -0.25) is 9.36 Å². The molecule has 2 aliphatic rings. The fourth-order valence-corrected chi connectivity index (χ4v) is 5.69. The minimum Gasteiger partial charge on any atom is -0.491 e. The minimum atomic E-state index is -0.831. The van der Waals surface area contributed by atoms with Gasteiger partial charge in [-0.15, -0.1) is 0 Å². The van der Waals surface area contributed by atoms with Crippen LogP contribution in [0.4, 0.5) is 5.82 Å². The lowest BCUT2D eigenvalue weighted by Gasteiger charge is -2.25. The lowest BCUT2D eigenvalue weighted by Crippen LogP contribution is -2.33. The van der Waals surface area contributed by atoms with Crippen molar-refractivity contribution in [2.45, 2.75) is 51.1 Å². The number of aliphatic imine (C=N–C) groups is 1. The normalized spacial score (nSPS) is 21.8. The van der Waals surface area contributed by atoms with Crippen molar-refractivity contribution in [1.82, 2.24) is 24.4 Å². The van der Waals surface area contributed by atoms with E-state index in [9.17, 15) is 9.59 Å². The number of hydrogen-bond acceptors (Lipinski definition) is 11. The SMILES string of the molecule is COC(=O)c1ccccc1C(=O)/C=C/c1cc(C)cc(OC[C@H]2O[C@@H](n3cnc4c(/N=C/N(C)C)ncnc43)[C@@H]3OC(C)(C)O[C@@H]32)c1. The summed E-state index contributed by atoms with van der Waals surface area (Å²) in [6, 6.07) is 12.2. The van der Waals surface area contributed by atoms with Crippen LogP contribution in [-0.4, -0.2) is 94.4 Å². The summed E-state index contributed by atoms with van der Waals surface area (Å²) in [5.41, 5.74) is 3.26. The van der Waals surface area contributed by atoms with Crippen LogP contribution in [0, 0.1) is 6.92 Å². The minimum absolute atomic E-state index is 0.176. The first kappa shape index (κ1) is 32.0. The van der Waals surface area contributed by atoms with Gasteiger partial charge in [0.25, 0.3) is 0 Å². The zero-order chi connectivity index (χ0) is 33.3. The molecule has 244 valence electrons. The van der Waals surface area contributed by atoms with Gasteiger partial charge in [0.1, 0.15) is 37.0 Å². The molecule has 0 aliphatic carbocycles. The van der Waals surface area contributed by atoms with E-state index in [1.165, 1.54) is 19.5 Å². The van der Waals surface area contributed by atoms with Crippen molar-refractivity contribution in [3.05, 3.63) is 83.4 Å². The van der Waals surface area contributed by atoms with Gasteiger partial charge in [0.2, 0.25) is 0 Å². The van der Waals surface area contributed by atoms with Crippen molar-refractivity contribution in [3.63, 3.8) is 0 Å². The Morgan fingerprint density at radius 3 is 2.60 bits per heavy atom. The number of ketones is 1. The van der Waals surface area contributed by atoms with Crippen molar-refractivity contribution in [2.75, 3.05) is 27.8 Å². The van der Waals surface area contributed by atoms with E-state index in [-0.39, 0.29) is 23.5 Å². The summed E-state index contributed by atoms with van der Waals surface area (Å²) < 4.78 is 32.0. The van der Waals surface area contributed by atoms with Crippen LogP contribution >= 0.6 is 0 Å². The van der Waals surface area contributed by atoms with Gasteiger partial charge in [0.15, 0.2) is 34.8 Å². The van der Waals surface area contributed by atoms with E-state index in [1.807, 2.05) is 62.5 Å². The molecule has 0 spiro atoms. The predicted octanol–water partition coefficient (Wildman–Crippen LogP) is 4.54. The molecule has 47 heavy (non-hydrogen) atoms. The summed E-state index contributed by atoms with van der Waals surface area (Å²) in [6.45, 7) is 5.85. The number of ether oxygens (including phenoxy) is 5. The average molecular weight is 641 g/mol. The van der Waals surface area contributed by atoms with E-state index in [2.05, 4.69) is 19.9 Å². The molecule has 2 aromatic heterocycles. The van der Waals surface area contributed by atoms with Gasteiger partial charge in [-0.2, -0.15) is 0 Å². The molecule has 4 atom stereocenters. The maximum absolute atomic E-state index is 13.0. The second-order valence-electron chi connectivity index (χ2n) is 12.0. The lowest BCUT2D eigenvalue weighted by molar-refractivity contribution is -0.198. The molecule has 0 bridgehead atoms. The second kappa shape index (κ2) is 13.0. The molecule has 0 saturated carbocycles. The number of esters is 1. The van der Waals surface area contributed by atoms with E-state index in [0.717, 1.165) is 11.1 Å². The molecule has 2 aliphatic heterocycles. The highest BCUT2D eigenvalue weighted by Gasteiger charge is 2.56. The number of imidazole rings is 1. The Labute approximate surface area is 271 Å². The zero-order valence-corrected chi connectivity index (χ0v) is 27.0. The number of allylic oxidation sites excluding steroid dienone is 1. The summed E-state index contributed by atoms with van der Waals surface area (Å²) in [4.78, 5) is 44.6. The summed E-state index contributed by atoms with van der Waals surface area (Å²) in [5.74, 6) is -0.679. The maximum Gasteiger partial charge on any atom is 0.338 e. The second-order valence-corrected chi connectivity index (χ2v) is 12.0. The standard InChI is InChI=1S/C34H36N6O7/c1-20-13-21(11-12-25(41)23-9-7-8-10-24(23)33(42)43-6)15-22(14-20)44-16-26-28-29(47-34(2,3)46-28)32(45-26)40-19-37-27-30(38-18-39(4)5)35-17-36-31(27)40/h7-15,17-19,26,28-29,32H,16H2,1-6H3/b12-11+,38-18+/t26-,28-,29-,32-/m1/s1. The zero-order valence-electron chi connectivity index (χ0n) is 27.0. The third-order valence-electron chi connectivity index (χ3n) is 7.66. The Morgan fingerprint density at radius 1 is 1.06 bits per heavy atom. The molecule has 4 aromatic rings. The molecular formula is C34H36N6O7. The smallest absolute Gasteiger partial charge is 0.338 e. The summed E-state index contributed by atoms with van der Waals surface area (Å²) in [7, 11) is 5.03. The quantitative estimate of drug-likeness (QED) is 0.0794. The van der Waals surface area contributed by atoms with Crippen molar-refractivity contribution in [2.24, 2.45) is 4.99 Å². The Hall–Kier alpha value is -4.98. The van der Waals surface area contributed by atoms with Crippen LogP contribution in [0.5, 0.6) is 5.75 Å². The molecule has 13 nitrogen and oxygen atoms in total. The van der Waals surface area contributed by atoms with Gasteiger partial charge >= 0.3 is 5.97 Å². The Balaban J connectivity index is 1.20. The summed E-state index contributed by atoms with van der Waals surface area (Å²) >= 11 is 0. The third kappa shape index (κ3) is 6.77. The van der Waals surface area contributed by atoms with Crippen LogP contribution in [0.2, 0.25) is 0 Å². The number of carbonyl (C=O) groups excluding carboxylic acids is 2. The van der Waals surface area contributed by atoms with Gasteiger partial charge in [0, 0.05) is 19.7 Å². The largest absolute Gasteiger partial charge is 0.491 e. The van der Waals surface area contributed by atoms with Gasteiger partial charge < -0.3 is 28.6 Å². The van der Waals surface area contributed by atoms with E-state index < -0.39 is 36.3 Å². The van der Waals surface area contributed by atoms with Gasteiger partial charge in [-0.25, -0.2) is 24.7 Å². The van der Waals surface area contributed by atoms with Crippen LogP contribution in [0.15, 0.2) is 66.2 Å². The monoisotopic (exact) mass is 640 g/mol. The fraction of sp³-hybridized carbons (Fsp3) is 0.353. The highest BCUT2D eigenvalue weighted by Crippen LogP contribution is 2.44. The third-order valence-corrected chi connectivity index (χ3v) is 7.66. The van der Waals surface area contributed by atoms with Crippen LogP contribution < -0.4 is 4.74 Å². The molecule has 4 heterocycles. The molecule has 0 unspecified atom stereocenters. The van der Waals surface area contributed by atoms with Gasteiger partial charge in [-0.1, -0.05) is 30.3 Å². The number of nitrogens with zero attached hydrogens (tertiary/aromatic N) is 6. The molecule has 2 aromatic carbocycles. The van der Waals surface area contributed by atoms with Crippen LogP contribution in [-0.2, 0) is 18.9 Å². The maximum atomic E-state index is 13.0. The van der Waals surface area contributed by atoms with Gasteiger partial charge in [-0.05, 0) is 56.2 Å². The Morgan fingerprint density at radius 2 is 1.83 bits per heavy atom. The molecule has 13 heteroatoms. The van der Waals surface area contributed by atoms with E-state index in [1.54, 1.807) is 43.0 Å². The molecular weight excluding hydrogens is 604 g/mol. The summed E-state index contributed by atoms with van der Waals surface area (Å²) in [5, 5.41) is 0. The average Bonchev–Trinajstić information content (AvgIpc) is 3.71. The van der Waals surface area contributed by atoms with Gasteiger partial charge in [0.05, 0.1) is 25.3 Å². The van der Waals surface area contributed by atoms with Crippen LogP contribution in [0.3, 0.4) is 0 Å². The van der Waals surface area contributed by atoms with Crippen LogP contribution in [0.25, 0.3) is 17.2 Å². The van der Waals surface area contributed by atoms with E-state index >= 15 is 0 Å². The summed E-state index contributed by atoms with van der Waals surface area (Å²) in [6.07, 6.45) is 5.93. The number of hydrogen-bond donors (Lipinski definition) is 0. The number of rotatable bonds is 10. The highest BCUT2D eigenvalue weighted by molar-refractivity contribution is 6.12. The number of aryl methyl sites for hydroxylation is 1. The molecule has 2 saturated heterocycles. The number of aromatic nitrogens is 4. The number of fused-ring (bicyclic) bond motifs is 2. The van der Waals surface area contributed by atoms with Crippen molar-refractivity contribution >= 4 is 41.1 Å². The molecule has 0 amide bonds. The molecule has 0 radical (unpaired) electrons. The fourth-order valence-electron chi connectivity index (χ4n) is 5.69. The molecule has 0 N–H and O–H groups in total. The highest BCUT2D eigenvalue weighted by atomic mass is 16.8. The van der Waals surface area contributed by atoms with Crippen LogP contribution in [0.1, 0.15) is 51.9 Å². The predicted molar refractivity (Wildman–Crippen MR) is 173 cm³/mol. The number of benzene rings is 2. The molecule has 6 rings (SSSR count). The molecule has 2 fully saturated rings. The Bertz CT molecular complexity index is 1870. The number of carbonyl (C=O) groups is 2. The van der Waals surface area contributed by atoms with E-state index in [4.69, 9.17) is 23.7 Å². The first-order chi connectivity index (χ1) is 22.5. The van der Waals surface area contributed by atoms with E-state index in [0.29, 0.717) is 22.7 Å². The van der Waals surface area contributed by atoms with Crippen molar-refractivity contribution in [3.8, 4) is 5.75 Å². The first-order valence-corrected chi connectivity index (χ1v) is 15.1. The number of methoxy groups -OCH3 is 1.